The minimum atomic E-state index is -0.465. The third-order valence-corrected chi connectivity index (χ3v) is 3.81. The number of aliphatic hydroxyl groups is 1. The predicted molar refractivity (Wildman–Crippen MR) is 126 cm³/mol. The summed E-state index contributed by atoms with van der Waals surface area (Å²) in [6.45, 7) is 13.9. The van der Waals surface area contributed by atoms with Gasteiger partial charge in [-0.15, -0.1) is 0 Å². The zero-order valence-electron chi connectivity index (χ0n) is 21.3. The maximum atomic E-state index is 11.5. The van der Waals surface area contributed by atoms with Gasteiger partial charge in [-0.1, -0.05) is 0 Å². The molecule has 0 amide bonds. The van der Waals surface area contributed by atoms with Gasteiger partial charge >= 0.3 is 5.97 Å². The first kappa shape index (κ1) is 33.1. The highest BCUT2D eigenvalue weighted by Gasteiger charge is 2.15. The van der Waals surface area contributed by atoms with E-state index in [1.807, 2.05) is 20.8 Å². The molecule has 11 heteroatoms. The first-order chi connectivity index (χ1) is 16.5. The maximum absolute atomic E-state index is 11.5. The van der Waals surface area contributed by atoms with Crippen molar-refractivity contribution in [2.75, 3.05) is 112 Å². The van der Waals surface area contributed by atoms with Crippen LogP contribution >= 0.6 is 0 Å². The van der Waals surface area contributed by atoms with Gasteiger partial charge in [0.1, 0.15) is 5.60 Å². The van der Waals surface area contributed by atoms with Gasteiger partial charge in [-0.2, -0.15) is 0 Å². The van der Waals surface area contributed by atoms with E-state index in [0.29, 0.717) is 92.5 Å². The van der Waals surface area contributed by atoms with Crippen LogP contribution in [0.4, 0.5) is 0 Å². The number of hydrogen-bond acceptors (Lipinski definition) is 11. The second-order valence-electron chi connectivity index (χ2n) is 8.10. The quantitative estimate of drug-likeness (QED) is 0.128. The third-order valence-electron chi connectivity index (χ3n) is 3.81. The molecule has 0 radical (unpaired) electrons. The molecule has 0 saturated heterocycles. The largest absolute Gasteiger partial charge is 0.460 e. The molecule has 11 nitrogen and oxygen atoms in total. The lowest BCUT2D eigenvalue weighted by Gasteiger charge is -2.19. The van der Waals surface area contributed by atoms with E-state index < -0.39 is 5.60 Å². The molecular weight excluding hydrogens is 450 g/mol. The second-order valence-corrected chi connectivity index (χ2v) is 8.10. The van der Waals surface area contributed by atoms with Crippen LogP contribution in [0.1, 0.15) is 27.2 Å². The number of rotatable bonds is 26. The normalized spacial score (nSPS) is 11.8. The van der Waals surface area contributed by atoms with Gasteiger partial charge in [0.15, 0.2) is 0 Å². The SMILES string of the molecule is CC(C)(C)OC(=O)CCOCCOCCOCCOCCNCCOCCOCCOCCO. The first-order valence-electron chi connectivity index (χ1n) is 12.0. The van der Waals surface area contributed by atoms with Gasteiger partial charge in [-0.05, 0) is 20.8 Å². The highest BCUT2D eigenvalue weighted by molar-refractivity contribution is 5.69. The van der Waals surface area contributed by atoms with Crippen LogP contribution in [0.5, 0.6) is 0 Å². The Labute approximate surface area is 204 Å². The molecular formula is C23H47NO10. The molecule has 0 bridgehead atoms. The monoisotopic (exact) mass is 497 g/mol. The summed E-state index contributed by atoms with van der Waals surface area (Å²) in [5.74, 6) is -0.260. The number of esters is 1. The van der Waals surface area contributed by atoms with Crippen molar-refractivity contribution in [3.05, 3.63) is 0 Å². The van der Waals surface area contributed by atoms with Crippen molar-refractivity contribution in [1.29, 1.82) is 0 Å². The number of carbonyl (C=O) groups is 1. The highest BCUT2D eigenvalue weighted by atomic mass is 16.6. The van der Waals surface area contributed by atoms with E-state index in [1.54, 1.807) is 0 Å². The molecule has 204 valence electrons. The molecule has 0 spiro atoms. The number of aliphatic hydroxyl groups excluding tert-OH is 1. The molecule has 0 saturated carbocycles. The lowest BCUT2D eigenvalue weighted by atomic mass is 10.2. The summed E-state index contributed by atoms with van der Waals surface area (Å²) in [6, 6.07) is 0. The topological polar surface area (TPSA) is 123 Å². The lowest BCUT2D eigenvalue weighted by Crippen LogP contribution is -2.25. The van der Waals surface area contributed by atoms with Crippen LogP contribution in [-0.4, -0.2) is 129 Å². The van der Waals surface area contributed by atoms with E-state index in [4.69, 9.17) is 43.0 Å². The Morgan fingerprint density at radius 2 is 0.941 bits per heavy atom. The molecule has 0 aliphatic heterocycles. The molecule has 0 heterocycles. The lowest BCUT2D eigenvalue weighted by molar-refractivity contribution is -0.156. The third kappa shape index (κ3) is 29.1. The molecule has 0 fully saturated rings. The van der Waals surface area contributed by atoms with E-state index in [1.165, 1.54) is 0 Å². The number of hydrogen-bond donors (Lipinski definition) is 2. The van der Waals surface area contributed by atoms with Crippen molar-refractivity contribution in [2.45, 2.75) is 32.8 Å². The van der Waals surface area contributed by atoms with Gasteiger partial charge in [0.05, 0.1) is 106 Å². The minimum Gasteiger partial charge on any atom is -0.460 e. The van der Waals surface area contributed by atoms with Crippen LogP contribution in [0, 0.1) is 0 Å². The van der Waals surface area contributed by atoms with Crippen LogP contribution in [0.3, 0.4) is 0 Å². The van der Waals surface area contributed by atoms with Gasteiger partial charge in [-0.3, -0.25) is 4.79 Å². The Hall–Kier alpha value is -0.890. The molecule has 0 aromatic carbocycles. The maximum Gasteiger partial charge on any atom is 0.308 e. The van der Waals surface area contributed by atoms with Crippen molar-refractivity contribution < 1.29 is 47.8 Å². The minimum absolute atomic E-state index is 0.0314. The van der Waals surface area contributed by atoms with Crippen molar-refractivity contribution in [1.82, 2.24) is 5.32 Å². The van der Waals surface area contributed by atoms with E-state index in [-0.39, 0.29) is 19.0 Å². The Morgan fingerprint density at radius 3 is 1.32 bits per heavy atom. The van der Waals surface area contributed by atoms with E-state index in [9.17, 15) is 4.79 Å². The average Bonchev–Trinajstić information content (AvgIpc) is 2.78. The zero-order valence-corrected chi connectivity index (χ0v) is 21.3. The van der Waals surface area contributed by atoms with Gasteiger partial charge < -0.3 is 48.3 Å². The molecule has 0 aliphatic carbocycles. The summed E-state index contributed by atoms with van der Waals surface area (Å²) in [7, 11) is 0. The van der Waals surface area contributed by atoms with E-state index in [0.717, 1.165) is 13.1 Å². The standard InChI is InChI=1S/C23H47NO10/c1-23(2,3)34-22(26)4-8-27-12-16-31-20-21-33-18-14-29-10-6-24-5-9-28-13-17-32-19-15-30-11-7-25/h24-25H,4-21H2,1-3H3. The first-order valence-corrected chi connectivity index (χ1v) is 12.0. The fraction of sp³-hybridized carbons (Fsp3) is 0.957. The summed E-state index contributed by atoms with van der Waals surface area (Å²) < 4.78 is 42.7. The van der Waals surface area contributed by atoms with E-state index in [2.05, 4.69) is 5.32 Å². The number of nitrogens with one attached hydrogen (secondary N) is 1. The fourth-order valence-electron chi connectivity index (χ4n) is 2.33. The Balaban J connectivity index is 3.10. The predicted octanol–water partition coefficient (Wildman–Crippen LogP) is 0.416. The summed E-state index contributed by atoms with van der Waals surface area (Å²) in [5, 5.41) is 11.8. The van der Waals surface area contributed by atoms with Crippen LogP contribution in [-0.2, 0) is 42.7 Å². The van der Waals surface area contributed by atoms with Crippen LogP contribution < -0.4 is 5.32 Å². The van der Waals surface area contributed by atoms with Crippen molar-refractivity contribution in [2.24, 2.45) is 0 Å². The molecule has 0 atom stereocenters. The van der Waals surface area contributed by atoms with Crippen molar-refractivity contribution >= 4 is 5.97 Å². The summed E-state index contributed by atoms with van der Waals surface area (Å²) >= 11 is 0. The van der Waals surface area contributed by atoms with Crippen molar-refractivity contribution in [3.8, 4) is 0 Å². The molecule has 34 heavy (non-hydrogen) atoms. The van der Waals surface area contributed by atoms with Crippen LogP contribution in [0.25, 0.3) is 0 Å². The molecule has 0 aromatic heterocycles. The number of ether oxygens (including phenoxy) is 8. The molecule has 0 unspecified atom stereocenters. The van der Waals surface area contributed by atoms with E-state index >= 15 is 0 Å². The summed E-state index contributed by atoms with van der Waals surface area (Å²) in [5.41, 5.74) is -0.465. The molecule has 0 rings (SSSR count). The molecule has 0 aromatic rings. The van der Waals surface area contributed by atoms with Gasteiger partial charge in [0.25, 0.3) is 0 Å². The fourth-order valence-corrected chi connectivity index (χ4v) is 2.33. The second kappa shape index (κ2) is 25.2. The van der Waals surface area contributed by atoms with Crippen LogP contribution in [0.15, 0.2) is 0 Å². The van der Waals surface area contributed by atoms with Gasteiger partial charge in [-0.25, -0.2) is 0 Å². The highest BCUT2D eigenvalue weighted by Crippen LogP contribution is 2.07. The zero-order chi connectivity index (χ0) is 25.2. The summed E-state index contributed by atoms with van der Waals surface area (Å²) in [6.07, 6.45) is 0.239. The average molecular weight is 498 g/mol. The van der Waals surface area contributed by atoms with Gasteiger partial charge in [0, 0.05) is 13.1 Å². The Kier molecular flexibility index (Phi) is 24.6. The van der Waals surface area contributed by atoms with Crippen molar-refractivity contribution in [3.63, 3.8) is 0 Å². The Morgan fingerprint density at radius 1 is 0.588 bits per heavy atom. The van der Waals surface area contributed by atoms with Gasteiger partial charge in [0.2, 0.25) is 0 Å². The summed E-state index contributed by atoms with van der Waals surface area (Å²) in [4.78, 5) is 11.5. The number of carbonyl (C=O) groups excluding carboxylic acids is 1. The molecule has 2 N–H and O–H groups in total. The molecule has 0 aliphatic rings. The smallest absolute Gasteiger partial charge is 0.308 e. The van der Waals surface area contributed by atoms with Crippen LogP contribution in [0.2, 0.25) is 0 Å². The Bertz CT molecular complexity index is 434.